The lowest BCUT2D eigenvalue weighted by Gasteiger charge is -2.21. The third-order valence-electron chi connectivity index (χ3n) is 4.25. The van der Waals surface area contributed by atoms with Crippen molar-refractivity contribution in [1.82, 2.24) is 30.4 Å². The maximum Gasteiger partial charge on any atom is 0.216 e. The number of hydrogen-bond acceptors (Lipinski definition) is 7. The molecule has 0 saturated heterocycles. The SMILES string of the molecule is CCNC(=NCCc1nc(-c2ccco2)n[nH]1)N(C)Cc1csc(C(C)OC)n1.I. The maximum atomic E-state index is 5.34. The average Bonchev–Trinajstić information content (AvgIpc) is 3.47. The fourth-order valence-corrected chi connectivity index (χ4v) is 3.50. The van der Waals surface area contributed by atoms with E-state index in [4.69, 9.17) is 14.1 Å². The molecule has 2 N–H and O–H groups in total. The van der Waals surface area contributed by atoms with Crippen LogP contribution in [0.15, 0.2) is 33.2 Å². The first-order chi connectivity index (χ1) is 14.1. The lowest BCUT2D eigenvalue weighted by atomic mass is 10.4. The molecule has 3 aromatic rings. The van der Waals surface area contributed by atoms with Crippen molar-refractivity contribution < 1.29 is 9.15 Å². The number of aliphatic imine (C=N–C) groups is 1. The van der Waals surface area contributed by atoms with Crippen LogP contribution < -0.4 is 5.32 Å². The zero-order chi connectivity index (χ0) is 20.6. The van der Waals surface area contributed by atoms with E-state index in [0.29, 0.717) is 31.1 Å². The third-order valence-corrected chi connectivity index (χ3v) is 5.30. The van der Waals surface area contributed by atoms with Crippen LogP contribution in [0, 0.1) is 0 Å². The van der Waals surface area contributed by atoms with Gasteiger partial charge in [-0.15, -0.1) is 35.3 Å². The Bertz CT molecular complexity index is 910. The lowest BCUT2D eigenvalue weighted by Crippen LogP contribution is -2.38. The van der Waals surface area contributed by atoms with Gasteiger partial charge in [0.2, 0.25) is 5.82 Å². The van der Waals surface area contributed by atoms with Gasteiger partial charge in [0, 0.05) is 39.0 Å². The summed E-state index contributed by atoms with van der Waals surface area (Å²) in [6.45, 7) is 6.10. The summed E-state index contributed by atoms with van der Waals surface area (Å²) < 4.78 is 10.7. The van der Waals surface area contributed by atoms with E-state index in [-0.39, 0.29) is 30.1 Å². The van der Waals surface area contributed by atoms with Crippen molar-refractivity contribution in [2.24, 2.45) is 4.99 Å². The first-order valence-corrected chi connectivity index (χ1v) is 10.4. The molecule has 30 heavy (non-hydrogen) atoms. The summed E-state index contributed by atoms with van der Waals surface area (Å²) in [6.07, 6.45) is 2.27. The molecular formula is C19H28IN7O2S. The highest BCUT2D eigenvalue weighted by atomic mass is 127. The van der Waals surface area contributed by atoms with Gasteiger partial charge in [0.25, 0.3) is 0 Å². The highest BCUT2D eigenvalue weighted by Gasteiger charge is 2.13. The van der Waals surface area contributed by atoms with Crippen molar-refractivity contribution >= 4 is 41.3 Å². The number of hydrogen-bond donors (Lipinski definition) is 2. The Morgan fingerprint density at radius 1 is 1.43 bits per heavy atom. The molecule has 0 amide bonds. The van der Waals surface area contributed by atoms with Crippen LogP contribution in [0.5, 0.6) is 0 Å². The molecular weight excluding hydrogens is 517 g/mol. The maximum absolute atomic E-state index is 5.34. The molecule has 0 aliphatic rings. The smallest absolute Gasteiger partial charge is 0.216 e. The van der Waals surface area contributed by atoms with E-state index in [1.165, 1.54) is 0 Å². The molecule has 9 nitrogen and oxygen atoms in total. The predicted octanol–water partition coefficient (Wildman–Crippen LogP) is 3.49. The molecule has 0 aromatic carbocycles. The van der Waals surface area contributed by atoms with E-state index in [1.54, 1.807) is 24.7 Å². The fourth-order valence-electron chi connectivity index (χ4n) is 2.66. The minimum atomic E-state index is 0. The van der Waals surface area contributed by atoms with E-state index in [9.17, 15) is 0 Å². The number of ether oxygens (including phenoxy) is 1. The second-order valence-electron chi connectivity index (χ2n) is 6.48. The van der Waals surface area contributed by atoms with Crippen molar-refractivity contribution in [1.29, 1.82) is 0 Å². The predicted molar refractivity (Wildman–Crippen MR) is 128 cm³/mol. The Morgan fingerprint density at radius 3 is 2.97 bits per heavy atom. The minimum Gasteiger partial charge on any atom is -0.461 e. The molecule has 0 spiro atoms. The second-order valence-corrected chi connectivity index (χ2v) is 7.37. The standard InChI is InChI=1S/C19H27N7O2S.HI/c1-5-20-19(26(3)11-14-12-29-18(22-14)13(2)27-4)21-9-8-16-23-17(25-24-16)15-7-6-10-28-15;/h6-7,10,12-13H,5,8-9,11H2,1-4H3,(H,20,21)(H,23,24,25);1H. The minimum absolute atomic E-state index is 0. The summed E-state index contributed by atoms with van der Waals surface area (Å²) in [7, 11) is 3.70. The number of furan rings is 1. The number of aromatic amines is 1. The highest BCUT2D eigenvalue weighted by molar-refractivity contribution is 14.0. The number of nitrogens with one attached hydrogen (secondary N) is 2. The van der Waals surface area contributed by atoms with Crippen LogP contribution in [0.3, 0.4) is 0 Å². The molecule has 0 radical (unpaired) electrons. The van der Waals surface area contributed by atoms with Crippen LogP contribution in [0.4, 0.5) is 0 Å². The normalized spacial score (nSPS) is 12.5. The van der Waals surface area contributed by atoms with Gasteiger partial charge in [0.15, 0.2) is 11.7 Å². The van der Waals surface area contributed by atoms with Gasteiger partial charge in [-0.2, -0.15) is 5.10 Å². The van der Waals surface area contributed by atoms with Crippen molar-refractivity contribution in [3.63, 3.8) is 0 Å². The van der Waals surface area contributed by atoms with Crippen LogP contribution in [0.1, 0.15) is 36.5 Å². The summed E-state index contributed by atoms with van der Waals surface area (Å²) >= 11 is 1.62. The Kier molecular flexibility index (Phi) is 9.72. The molecule has 0 saturated carbocycles. The Morgan fingerprint density at radius 2 is 2.27 bits per heavy atom. The first-order valence-electron chi connectivity index (χ1n) is 9.52. The molecule has 3 heterocycles. The summed E-state index contributed by atoms with van der Waals surface area (Å²) in [5.74, 6) is 2.81. The van der Waals surface area contributed by atoms with E-state index in [0.717, 1.165) is 29.0 Å². The summed E-state index contributed by atoms with van der Waals surface area (Å²) in [6, 6.07) is 3.65. The van der Waals surface area contributed by atoms with Gasteiger partial charge in [-0.3, -0.25) is 10.1 Å². The van der Waals surface area contributed by atoms with Gasteiger partial charge >= 0.3 is 0 Å². The van der Waals surface area contributed by atoms with Gasteiger partial charge < -0.3 is 19.4 Å². The third kappa shape index (κ3) is 6.51. The molecule has 1 atom stereocenters. The fraction of sp³-hybridized carbons (Fsp3) is 0.474. The van der Waals surface area contributed by atoms with Gasteiger partial charge in [-0.05, 0) is 26.0 Å². The molecule has 3 aromatic heterocycles. The van der Waals surface area contributed by atoms with Crippen molar-refractivity contribution in [3.8, 4) is 11.6 Å². The molecule has 0 fully saturated rings. The Labute approximate surface area is 197 Å². The first kappa shape index (κ1) is 24.3. The largest absolute Gasteiger partial charge is 0.461 e. The zero-order valence-corrected chi connectivity index (χ0v) is 20.7. The van der Waals surface area contributed by atoms with Gasteiger partial charge in [0.1, 0.15) is 16.9 Å². The number of aromatic nitrogens is 4. The molecule has 0 bridgehead atoms. The summed E-state index contributed by atoms with van der Waals surface area (Å²) in [5.41, 5.74) is 1.00. The second kappa shape index (κ2) is 12.0. The molecule has 11 heteroatoms. The van der Waals surface area contributed by atoms with Gasteiger partial charge in [-0.1, -0.05) is 0 Å². The van der Waals surface area contributed by atoms with Crippen LogP contribution in [-0.2, 0) is 17.7 Å². The molecule has 164 valence electrons. The monoisotopic (exact) mass is 545 g/mol. The van der Waals surface area contributed by atoms with Crippen LogP contribution in [0.2, 0.25) is 0 Å². The number of thiazole rings is 1. The highest BCUT2D eigenvalue weighted by Crippen LogP contribution is 2.21. The summed E-state index contributed by atoms with van der Waals surface area (Å²) in [4.78, 5) is 15.9. The molecule has 1 unspecified atom stereocenters. The number of guanidine groups is 1. The molecule has 3 rings (SSSR count). The molecule has 0 aliphatic heterocycles. The van der Waals surface area contributed by atoms with E-state index >= 15 is 0 Å². The topological polar surface area (TPSA) is 104 Å². The van der Waals surface area contributed by atoms with Gasteiger partial charge in [0.05, 0.1) is 18.5 Å². The summed E-state index contributed by atoms with van der Waals surface area (Å²) in [5, 5.41) is 13.5. The number of halogens is 1. The number of rotatable bonds is 9. The quantitative estimate of drug-likeness (QED) is 0.241. The van der Waals surface area contributed by atoms with E-state index < -0.39 is 0 Å². The number of methoxy groups -OCH3 is 1. The Balaban J connectivity index is 0.00000320. The van der Waals surface area contributed by atoms with Gasteiger partial charge in [-0.25, -0.2) is 9.97 Å². The average molecular weight is 545 g/mol. The van der Waals surface area contributed by atoms with Crippen LogP contribution >= 0.6 is 35.3 Å². The lowest BCUT2D eigenvalue weighted by molar-refractivity contribution is 0.119. The Hall–Kier alpha value is -1.99. The zero-order valence-electron chi connectivity index (χ0n) is 17.6. The van der Waals surface area contributed by atoms with Crippen molar-refractivity contribution in [3.05, 3.63) is 40.3 Å². The van der Waals surface area contributed by atoms with Crippen LogP contribution in [-0.4, -0.2) is 58.3 Å². The number of H-pyrrole nitrogens is 1. The van der Waals surface area contributed by atoms with E-state index in [2.05, 4.69) is 42.7 Å². The van der Waals surface area contributed by atoms with Crippen molar-refractivity contribution in [2.75, 3.05) is 27.2 Å². The molecule has 0 aliphatic carbocycles. The van der Waals surface area contributed by atoms with Crippen LogP contribution in [0.25, 0.3) is 11.6 Å². The number of nitrogens with zero attached hydrogens (tertiary/aromatic N) is 5. The van der Waals surface area contributed by atoms with E-state index in [1.807, 2.05) is 26.1 Å². The van der Waals surface area contributed by atoms with Crippen molar-refractivity contribution in [2.45, 2.75) is 32.9 Å².